The summed E-state index contributed by atoms with van der Waals surface area (Å²) in [6.07, 6.45) is 0. The molecule has 0 heterocycles. The van der Waals surface area contributed by atoms with Crippen molar-refractivity contribution in [2.75, 3.05) is 0 Å². The third-order valence-electron chi connectivity index (χ3n) is 0. The van der Waals surface area contributed by atoms with E-state index in [-0.39, 0.29) is 28.5 Å². The van der Waals surface area contributed by atoms with Crippen LogP contribution in [-0.2, 0) is 21.1 Å². The van der Waals surface area contributed by atoms with E-state index in [1.165, 1.54) is 0 Å². The normalized spacial score (nSPS) is 2.40. The summed E-state index contributed by atoms with van der Waals surface area (Å²) in [5.74, 6) is 0. The van der Waals surface area contributed by atoms with Gasteiger partial charge in [-0.3, -0.25) is 0 Å². The second-order valence-corrected chi connectivity index (χ2v) is 0.0745. The van der Waals surface area contributed by atoms with Gasteiger partial charge in [0.15, 0.2) is 0 Å². The van der Waals surface area contributed by atoms with Gasteiger partial charge < -0.3 is 17.5 Å². The second-order valence-electron chi connectivity index (χ2n) is 0.0745. The molecule has 0 aromatic carbocycles. The van der Waals surface area contributed by atoms with Crippen LogP contribution >= 0.6 is 0 Å². The van der Waals surface area contributed by atoms with E-state index in [1.54, 1.807) is 0 Å². The summed E-state index contributed by atoms with van der Waals surface area (Å²) in [5, 5.41) is 9.00. The van der Waals surface area contributed by atoms with Crippen molar-refractivity contribution in [2.45, 2.75) is 0 Å². The van der Waals surface area contributed by atoms with E-state index >= 15 is 0 Å². The van der Waals surface area contributed by atoms with Crippen molar-refractivity contribution < 1.29 is 21.1 Å². The average molecular weight is 245 g/mol. The molecule has 0 aliphatic carbocycles. The van der Waals surface area contributed by atoms with Crippen LogP contribution in [0.25, 0.3) is 0 Å². The van der Waals surface area contributed by atoms with Crippen molar-refractivity contribution in [1.29, 1.82) is 0 Å². The molecule has 32 valence electrons. The molecule has 0 bridgehead atoms. The van der Waals surface area contributed by atoms with Crippen molar-refractivity contribution in [3.05, 3.63) is 17.5 Å². The molecule has 0 saturated carbocycles. The monoisotopic (exact) mass is 245 g/mol. The van der Waals surface area contributed by atoms with Crippen LogP contribution < -0.4 is 0 Å². The van der Waals surface area contributed by atoms with Crippen LogP contribution in [0.2, 0.25) is 0 Å². The van der Waals surface area contributed by atoms with E-state index in [9.17, 15) is 0 Å². The summed E-state index contributed by atoms with van der Waals surface area (Å²) in [6, 6.07) is 0. The molecule has 0 fully saturated rings. The third-order valence-corrected chi connectivity index (χ3v) is 0. The topological polar surface area (TPSA) is 52.5 Å². The van der Waals surface area contributed by atoms with Crippen molar-refractivity contribution in [3.63, 3.8) is 0 Å². The number of hydrogen-bond acceptors (Lipinski definition) is 3. The van der Waals surface area contributed by atoms with Gasteiger partial charge in [-0.05, 0) is 0 Å². The van der Waals surface area contributed by atoms with Crippen molar-refractivity contribution in [3.8, 4) is 0 Å². The maximum absolute atomic E-state index is 8.00. The molecule has 0 amide bonds. The maximum atomic E-state index is 8.00. The predicted molar refractivity (Wildman–Crippen MR) is 15.6 cm³/mol. The Hall–Kier alpha value is 0.0883. The minimum atomic E-state index is 0. The summed E-state index contributed by atoms with van der Waals surface area (Å²) >= 11 is 0. The first-order valence-corrected chi connectivity index (χ1v) is 0.365. The van der Waals surface area contributed by atoms with Gasteiger partial charge in [0.2, 0.25) is 0 Å². The van der Waals surface area contributed by atoms with Crippen LogP contribution in [0.4, 0.5) is 0 Å². The molecule has 0 aromatic heterocycles. The number of hydrogen-bond donors (Lipinski definition) is 0. The largest absolute Gasteiger partial charge is 0.444 e. The predicted octanol–water partition coefficient (Wildman–Crippen LogP) is 0.698. The second kappa shape index (κ2) is 32.9. The molecular formula is CH3NO2W-2. The Balaban J connectivity index is -0.0000000200. The molecule has 0 aromatic rings. The van der Waals surface area contributed by atoms with Gasteiger partial charge in [0.05, 0.1) is 0 Å². The molecule has 5 heavy (non-hydrogen) atoms. The maximum Gasteiger partial charge on any atom is 0 e. The smallest absolute Gasteiger partial charge is 0 e. The van der Waals surface area contributed by atoms with Crippen LogP contribution in [0.5, 0.6) is 0 Å². The van der Waals surface area contributed by atoms with Gasteiger partial charge >= 0.3 is 0 Å². The molecule has 0 saturated heterocycles. The molecule has 0 N–H and O–H groups in total. The Morgan fingerprint density at radius 3 is 1.60 bits per heavy atom. The van der Waals surface area contributed by atoms with Gasteiger partial charge in [-0.25, -0.2) is 0 Å². The summed E-state index contributed by atoms with van der Waals surface area (Å²) in [6.45, 7) is 0. The van der Waals surface area contributed by atoms with Crippen molar-refractivity contribution >= 4 is 0 Å². The minimum absolute atomic E-state index is 0. The van der Waals surface area contributed by atoms with Gasteiger partial charge in [-0.15, -0.1) is 5.34 Å². The molecule has 4 heteroatoms. The third kappa shape index (κ3) is 2290. The van der Waals surface area contributed by atoms with E-state index in [4.69, 9.17) is 10.1 Å². The van der Waals surface area contributed by atoms with Gasteiger partial charge in [-0.1, -0.05) is 0 Å². The van der Waals surface area contributed by atoms with E-state index in [2.05, 4.69) is 0 Å². The van der Waals surface area contributed by atoms with Crippen molar-refractivity contribution in [1.82, 2.24) is 0 Å². The molecular weight excluding hydrogens is 242 g/mol. The molecule has 0 rings (SSSR count). The number of nitrogens with zero attached hydrogens (tertiary/aromatic N) is 1. The van der Waals surface area contributed by atoms with E-state index in [1.807, 2.05) is 0 Å². The Kier molecular flexibility index (Phi) is 128. The zero-order valence-corrected chi connectivity index (χ0v) is 5.61. The SMILES string of the molecule is O=N[O-].[CH3-].[W]. The van der Waals surface area contributed by atoms with Gasteiger partial charge in [0.25, 0.3) is 0 Å². The summed E-state index contributed by atoms with van der Waals surface area (Å²) < 4.78 is 0. The van der Waals surface area contributed by atoms with Crippen molar-refractivity contribution in [2.24, 2.45) is 5.34 Å². The number of rotatable bonds is 0. The van der Waals surface area contributed by atoms with Crippen LogP contribution in [0, 0.1) is 17.5 Å². The van der Waals surface area contributed by atoms with Gasteiger partial charge in [0, 0.05) is 21.1 Å². The molecule has 0 unspecified atom stereocenters. The van der Waals surface area contributed by atoms with Crippen LogP contribution in [-0.4, -0.2) is 0 Å². The van der Waals surface area contributed by atoms with E-state index < -0.39 is 0 Å². The molecule has 0 aliphatic heterocycles. The van der Waals surface area contributed by atoms with E-state index in [0.717, 1.165) is 5.34 Å². The standard InChI is InChI=1S/CH3.HNO2.W/c;2-1-3;/h1H3;(H,2,3);/q-1;;/p-1. The fourth-order valence-corrected chi connectivity index (χ4v) is 0. The molecule has 3 nitrogen and oxygen atoms in total. The Labute approximate surface area is 44.6 Å². The molecule has 0 spiro atoms. The fourth-order valence-electron chi connectivity index (χ4n) is 0. The first-order chi connectivity index (χ1) is 1.41. The van der Waals surface area contributed by atoms with Crippen LogP contribution in [0.15, 0.2) is 5.34 Å². The Morgan fingerprint density at radius 1 is 1.60 bits per heavy atom. The van der Waals surface area contributed by atoms with Crippen LogP contribution in [0.3, 0.4) is 0 Å². The minimum Gasteiger partial charge on any atom is -0.444 e. The quantitative estimate of drug-likeness (QED) is 0.358. The summed E-state index contributed by atoms with van der Waals surface area (Å²) in [7, 11) is 0. The first kappa shape index (κ1) is 19.5. The van der Waals surface area contributed by atoms with Crippen LogP contribution in [0.1, 0.15) is 0 Å². The summed E-state index contributed by atoms with van der Waals surface area (Å²) in [4.78, 5) is 8.00. The Morgan fingerprint density at radius 2 is 1.60 bits per heavy atom. The molecule has 0 atom stereocenters. The van der Waals surface area contributed by atoms with Gasteiger partial charge in [0.1, 0.15) is 0 Å². The summed E-state index contributed by atoms with van der Waals surface area (Å²) in [5.41, 5.74) is 0. The fraction of sp³-hybridized carbons (Fsp3) is 0. The Bertz CT molecular complexity index is 17.1. The van der Waals surface area contributed by atoms with E-state index in [0.29, 0.717) is 0 Å². The molecule has 0 radical (unpaired) electrons. The first-order valence-electron chi connectivity index (χ1n) is 0.365. The zero-order valence-electron chi connectivity index (χ0n) is 2.67. The molecule has 0 aliphatic rings. The average Bonchev–Trinajstić information content (AvgIpc) is 0.918. The van der Waals surface area contributed by atoms with Gasteiger partial charge in [-0.2, -0.15) is 0 Å². The zero-order chi connectivity index (χ0) is 2.71.